The van der Waals surface area contributed by atoms with E-state index in [9.17, 15) is 4.79 Å². The molecule has 0 aliphatic carbocycles. The van der Waals surface area contributed by atoms with Gasteiger partial charge in [-0.1, -0.05) is 49.7 Å². The highest BCUT2D eigenvalue weighted by atomic mass is 16.1. The number of carbonyl (C=O) groups is 1. The number of carbonyl (C=O) groups excluding carboxylic acids is 1. The molecule has 1 heterocycles. The summed E-state index contributed by atoms with van der Waals surface area (Å²) in [7, 11) is 1.03. The molecule has 0 amide bonds. The summed E-state index contributed by atoms with van der Waals surface area (Å²) in [5.41, 5.74) is 6.11. The van der Waals surface area contributed by atoms with Crippen LogP contribution in [-0.4, -0.2) is 23.0 Å². The number of aromatic nitrogens is 2. The van der Waals surface area contributed by atoms with Gasteiger partial charge >= 0.3 is 0 Å². The molecule has 0 saturated carbocycles. The van der Waals surface area contributed by atoms with Crippen LogP contribution in [0, 0.1) is 13.8 Å². The summed E-state index contributed by atoms with van der Waals surface area (Å²) in [6, 6.07) is 6.25. The molecule has 0 radical (unpaired) electrons. The fourth-order valence-corrected chi connectivity index (χ4v) is 3.17. The van der Waals surface area contributed by atoms with Gasteiger partial charge in [0.25, 0.3) is 0 Å². The summed E-state index contributed by atoms with van der Waals surface area (Å²) in [5, 5.41) is 0. The molecule has 4 heteroatoms. The SMILES string of the molecule is CB/C(C)=C\C=C(/C)CC(=O)C(C)(C)c1ccc(-c2cnc(C)nc2)cc1C. The molecule has 0 atom stereocenters. The summed E-state index contributed by atoms with van der Waals surface area (Å²) in [5.74, 6) is 0.995. The number of ketones is 1. The molecule has 28 heavy (non-hydrogen) atoms. The molecular formula is C24H31BN2O. The van der Waals surface area contributed by atoms with E-state index in [-0.39, 0.29) is 5.78 Å². The van der Waals surface area contributed by atoms with Crippen molar-refractivity contribution in [3.63, 3.8) is 0 Å². The van der Waals surface area contributed by atoms with Gasteiger partial charge < -0.3 is 0 Å². The van der Waals surface area contributed by atoms with E-state index in [2.05, 4.69) is 61.0 Å². The van der Waals surface area contributed by atoms with Gasteiger partial charge in [0.05, 0.1) is 0 Å². The zero-order valence-corrected chi connectivity index (χ0v) is 18.3. The lowest BCUT2D eigenvalue weighted by Crippen LogP contribution is -2.30. The van der Waals surface area contributed by atoms with Crippen LogP contribution in [0.2, 0.25) is 6.82 Å². The summed E-state index contributed by atoms with van der Waals surface area (Å²) in [6.45, 7) is 14.3. The van der Waals surface area contributed by atoms with Crippen LogP contribution >= 0.6 is 0 Å². The van der Waals surface area contributed by atoms with Crippen molar-refractivity contribution in [1.29, 1.82) is 0 Å². The standard InChI is InChI=1S/C24H31BN2O/c1-16(8-9-18(3)25-7)12-23(28)24(5,6)22-11-10-20(13-17(22)2)21-14-26-19(4)27-15-21/h8-11,13-15,25H,12H2,1-7H3/b16-8+,18-9-. The van der Waals surface area contributed by atoms with Gasteiger partial charge in [-0.15, -0.1) is 5.47 Å². The third kappa shape index (κ3) is 5.28. The fraction of sp³-hybridized carbons (Fsp3) is 0.375. The molecule has 0 saturated heterocycles. The number of benzene rings is 1. The summed E-state index contributed by atoms with van der Waals surface area (Å²) in [6.07, 6.45) is 8.33. The van der Waals surface area contributed by atoms with Crippen molar-refractivity contribution in [2.75, 3.05) is 0 Å². The van der Waals surface area contributed by atoms with Gasteiger partial charge in [0.2, 0.25) is 0 Å². The molecule has 0 N–H and O–H groups in total. The molecule has 2 rings (SSSR count). The normalized spacial score (nSPS) is 12.8. The van der Waals surface area contributed by atoms with Crippen LogP contribution < -0.4 is 0 Å². The number of aryl methyl sites for hydroxylation is 2. The molecule has 0 fully saturated rings. The van der Waals surface area contributed by atoms with E-state index in [0.29, 0.717) is 6.42 Å². The molecule has 3 nitrogen and oxygen atoms in total. The van der Waals surface area contributed by atoms with Gasteiger partial charge in [-0.3, -0.25) is 4.79 Å². The van der Waals surface area contributed by atoms with Crippen LogP contribution in [0.1, 0.15) is 51.1 Å². The van der Waals surface area contributed by atoms with Crippen molar-refractivity contribution >= 4 is 13.1 Å². The van der Waals surface area contributed by atoms with Gasteiger partial charge in [0.15, 0.2) is 0 Å². The average molecular weight is 374 g/mol. The highest BCUT2D eigenvalue weighted by Gasteiger charge is 2.30. The summed E-state index contributed by atoms with van der Waals surface area (Å²) in [4.78, 5) is 21.6. The van der Waals surface area contributed by atoms with E-state index in [4.69, 9.17) is 0 Å². The van der Waals surface area contributed by atoms with E-state index in [0.717, 1.165) is 40.9 Å². The van der Waals surface area contributed by atoms with Crippen LogP contribution in [0.25, 0.3) is 11.1 Å². The second-order valence-corrected chi connectivity index (χ2v) is 8.15. The molecule has 0 aliphatic heterocycles. The van der Waals surface area contributed by atoms with Gasteiger partial charge in [-0.25, -0.2) is 9.97 Å². The minimum absolute atomic E-state index is 0.235. The van der Waals surface area contributed by atoms with Gasteiger partial charge in [-0.05, 0) is 51.3 Å². The second-order valence-electron chi connectivity index (χ2n) is 8.15. The highest BCUT2D eigenvalue weighted by molar-refractivity contribution is 6.43. The topological polar surface area (TPSA) is 42.9 Å². The summed E-state index contributed by atoms with van der Waals surface area (Å²) >= 11 is 0. The van der Waals surface area contributed by atoms with Gasteiger partial charge in [0, 0.05) is 29.8 Å². The average Bonchev–Trinajstić information content (AvgIpc) is 2.66. The molecule has 146 valence electrons. The molecule has 0 spiro atoms. The Labute approximate surface area is 170 Å². The Kier molecular flexibility index (Phi) is 7.12. The maximum Gasteiger partial charge on any atom is 0.148 e. The third-order valence-electron chi connectivity index (χ3n) is 5.36. The first-order valence-corrected chi connectivity index (χ1v) is 9.91. The van der Waals surface area contributed by atoms with E-state index in [1.165, 1.54) is 5.47 Å². The van der Waals surface area contributed by atoms with Crippen molar-refractivity contribution in [2.45, 2.75) is 60.2 Å². The quantitative estimate of drug-likeness (QED) is 0.486. The molecule has 0 aliphatic rings. The number of nitrogens with zero attached hydrogens (tertiary/aromatic N) is 2. The van der Waals surface area contributed by atoms with Crippen LogP contribution in [0.5, 0.6) is 0 Å². The lowest BCUT2D eigenvalue weighted by atomic mass is 9.73. The van der Waals surface area contributed by atoms with Crippen LogP contribution in [0.3, 0.4) is 0 Å². The van der Waals surface area contributed by atoms with E-state index >= 15 is 0 Å². The van der Waals surface area contributed by atoms with Crippen molar-refractivity contribution in [3.05, 3.63) is 70.7 Å². The van der Waals surface area contributed by atoms with Crippen molar-refractivity contribution in [3.8, 4) is 11.1 Å². The number of Topliss-reactive ketones (excluding diaryl/α,β-unsaturated/α-hetero) is 1. The fourth-order valence-electron chi connectivity index (χ4n) is 3.17. The minimum Gasteiger partial charge on any atom is -0.298 e. The predicted molar refractivity (Wildman–Crippen MR) is 120 cm³/mol. The van der Waals surface area contributed by atoms with Crippen molar-refractivity contribution in [1.82, 2.24) is 9.97 Å². The van der Waals surface area contributed by atoms with Crippen LogP contribution in [0.15, 0.2) is 53.8 Å². The van der Waals surface area contributed by atoms with Crippen molar-refractivity contribution in [2.24, 2.45) is 0 Å². The highest BCUT2D eigenvalue weighted by Crippen LogP contribution is 2.32. The van der Waals surface area contributed by atoms with Crippen LogP contribution in [-0.2, 0) is 10.2 Å². The smallest absolute Gasteiger partial charge is 0.148 e. The van der Waals surface area contributed by atoms with Crippen LogP contribution in [0.4, 0.5) is 0 Å². The van der Waals surface area contributed by atoms with E-state index in [1.807, 2.05) is 40.1 Å². The lowest BCUT2D eigenvalue weighted by molar-refractivity contribution is -0.122. The van der Waals surface area contributed by atoms with Crippen molar-refractivity contribution < 1.29 is 4.79 Å². The number of rotatable bonds is 7. The molecule has 2 aromatic rings. The second kappa shape index (κ2) is 9.14. The Hall–Kier alpha value is -2.49. The Bertz CT molecular complexity index is 909. The Morgan fingerprint density at radius 1 is 1.07 bits per heavy atom. The molecule has 0 unspecified atom stereocenters. The largest absolute Gasteiger partial charge is 0.298 e. The lowest BCUT2D eigenvalue weighted by Gasteiger charge is -2.26. The third-order valence-corrected chi connectivity index (χ3v) is 5.36. The van der Waals surface area contributed by atoms with E-state index < -0.39 is 5.41 Å². The number of allylic oxidation sites excluding steroid dienone is 4. The minimum atomic E-state index is -0.537. The molecule has 1 aromatic heterocycles. The molecule has 0 bridgehead atoms. The predicted octanol–water partition coefficient (Wildman–Crippen LogP) is 5.33. The maximum atomic E-state index is 13.1. The van der Waals surface area contributed by atoms with Gasteiger partial charge in [0.1, 0.15) is 18.9 Å². The number of hydrogen-bond acceptors (Lipinski definition) is 3. The first-order valence-electron chi connectivity index (χ1n) is 9.91. The zero-order valence-electron chi connectivity index (χ0n) is 18.3. The Morgan fingerprint density at radius 2 is 1.71 bits per heavy atom. The Morgan fingerprint density at radius 3 is 2.29 bits per heavy atom. The van der Waals surface area contributed by atoms with E-state index in [1.54, 1.807) is 0 Å². The monoisotopic (exact) mass is 374 g/mol. The first-order chi connectivity index (χ1) is 13.1. The number of hydrogen-bond donors (Lipinski definition) is 0. The van der Waals surface area contributed by atoms with Gasteiger partial charge in [-0.2, -0.15) is 0 Å². The zero-order chi connectivity index (χ0) is 20.9. The first kappa shape index (κ1) is 21.8. The summed E-state index contributed by atoms with van der Waals surface area (Å²) < 4.78 is 0. The maximum absolute atomic E-state index is 13.1. The molecular weight excluding hydrogens is 343 g/mol. The molecule has 1 aromatic carbocycles. The Balaban J connectivity index is 2.24.